The van der Waals surface area contributed by atoms with Crippen LogP contribution in [0.2, 0.25) is 0 Å². The molecule has 108 valence electrons. The van der Waals surface area contributed by atoms with Crippen molar-refractivity contribution in [2.45, 2.75) is 26.3 Å². The summed E-state index contributed by atoms with van der Waals surface area (Å²) < 4.78 is 41.5. The summed E-state index contributed by atoms with van der Waals surface area (Å²) in [4.78, 5) is 0. The van der Waals surface area contributed by atoms with E-state index in [9.17, 15) is 13.2 Å². The van der Waals surface area contributed by atoms with Crippen LogP contribution in [-0.4, -0.2) is 21.4 Å². The number of benzene rings is 1. The fourth-order valence-corrected chi connectivity index (χ4v) is 1.81. The van der Waals surface area contributed by atoms with Gasteiger partial charge in [-0.1, -0.05) is 24.3 Å². The lowest BCUT2D eigenvalue weighted by atomic mass is 10.2. The van der Waals surface area contributed by atoms with Crippen LogP contribution in [0.3, 0.4) is 0 Å². The summed E-state index contributed by atoms with van der Waals surface area (Å²) in [6, 6.07) is 5.60. The Labute approximate surface area is 113 Å². The Bertz CT molecular complexity index is 577. The molecule has 0 aliphatic heterocycles. The number of ether oxygens (including phenoxy) is 1. The van der Waals surface area contributed by atoms with Gasteiger partial charge < -0.3 is 10.5 Å². The third-order valence-electron chi connectivity index (χ3n) is 2.69. The lowest BCUT2D eigenvalue weighted by Crippen LogP contribution is -2.17. The second-order valence-corrected chi connectivity index (χ2v) is 4.12. The van der Waals surface area contributed by atoms with E-state index in [4.69, 9.17) is 5.73 Å². The third kappa shape index (κ3) is 3.40. The summed E-state index contributed by atoms with van der Waals surface area (Å²) in [6.45, 7) is 2.31. The molecule has 1 heterocycles. The van der Waals surface area contributed by atoms with Crippen LogP contribution in [0, 0.1) is 0 Å². The fraction of sp³-hybridized carbons (Fsp3) is 0.333. The maximum atomic E-state index is 12.0. The van der Waals surface area contributed by atoms with Crippen LogP contribution in [0.5, 0.6) is 5.75 Å². The first-order valence-corrected chi connectivity index (χ1v) is 5.91. The molecule has 8 heteroatoms. The molecule has 0 bridgehead atoms. The molecule has 2 aromatic rings. The van der Waals surface area contributed by atoms with E-state index in [0.29, 0.717) is 18.8 Å². The SMILES string of the molecule is CCc1c(N)nnn1Cc1ccc(OC(F)(F)F)cc1. The predicted octanol–water partition coefficient (Wildman–Crippen LogP) is 2.37. The molecule has 0 saturated heterocycles. The number of nitrogens with two attached hydrogens (primary N) is 1. The Morgan fingerprint density at radius 3 is 2.45 bits per heavy atom. The number of rotatable bonds is 4. The topological polar surface area (TPSA) is 66.0 Å². The average Bonchev–Trinajstić information content (AvgIpc) is 2.70. The number of hydrogen-bond acceptors (Lipinski definition) is 4. The van der Waals surface area contributed by atoms with Crippen LogP contribution in [0.1, 0.15) is 18.2 Å². The molecule has 0 amide bonds. The monoisotopic (exact) mass is 286 g/mol. The largest absolute Gasteiger partial charge is 0.573 e. The first kappa shape index (κ1) is 14.2. The Morgan fingerprint density at radius 2 is 1.90 bits per heavy atom. The van der Waals surface area contributed by atoms with Crippen LogP contribution in [0.15, 0.2) is 24.3 Å². The molecule has 20 heavy (non-hydrogen) atoms. The van der Waals surface area contributed by atoms with Crippen molar-refractivity contribution in [3.05, 3.63) is 35.5 Å². The van der Waals surface area contributed by atoms with Crippen molar-refractivity contribution in [2.75, 3.05) is 5.73 Å². The summed E-state index contributed by atoms with van der Waals surface area (Å²) >= 11 is 0. The number of hydrogen-bond donors (Lipinski definition) is 1. The Kier molecular flexibility index (Phi) is 3.82. The first-order chi connectivity index (χ1) is 9.39. The van der Waals surface area contributed by atoms with Crippen molar-refractivity contribution >= 4 is 5.82 Å². The molecule has 0 aliphatic rings. The normalized spacial score (nSPS) is 11.6. The maximum Gasteiger partial charge on any atom is 0.573 e. The molecular weight excluding hydrogens is 273 g/mol. The Hall–Kier alpha value is -2.25. The van der Waals surface area contributed by atoms with E-state index in [1.807, 2.05) is 6.92 Å². The van der Waals surface area contributed by atoms with Gasteiger partial charge in [0.2, 0.25) is 0 Å². The maximum absolute atomic E-state index is 12.0. The Balaban J connectivity index is 2.11. The van der Waals surface area contributed by atoms with Gasteiger partial charge in [0.15, 0.2) is 5.82 Å². The van der Waals surface area contributed by atoms with Crippen molar-refractivity contribution in [1.82, 2.24) is 15.0 Å². The van der Waals surface area contributed by atoms with E-state index in [-0.39, 0.29) is 5.75 Å². The molecular formula is C12H13F3N4O. The molecule has 2 rings (SSSR count). The van der Waals surface area contributed by atoms with E-state index in [0.717, 1.165) is 11.3 Å². The van der Waals surface area contributed by atoms with E-state index in [2.05, 4.69) is 15.0 Å². The number of anilines is 1. The highest BCUT2D eigenvalue weighted by Gasteiger charge is 2.30. The van der Waals surface area contributed by atoms with Gasteiger partial charge >= 0.3 is 6.36 Å². The van der Waals surface area contributed by atoms with Gasteiger partial charge in [-0.05, 0) is 24.1 Å². The number of aromatic nitrogens is 3. The van der Waals surface area contributed by atoms with Gasteiger partial charge in [0.1, 0.15) is 5.75 Å². The molecule has 0 unspecified atom stereocenters. The van der Waals surface area contributed by atoms with E-state index < -0.39 is 6.36 Å². The van der Waals surface area contributed by atoms with Crippen molar-refractivity contribution in [1.29, 1.82) is 0 Å². The van der Waals surface area contributed by atoms with Gasteiger partial charge in [0, 0.05) is 0 Å². The second kappa shape index (κ2) is 5.40. The molecule has 0 radical (unpaired) electrons. The van der Waals surface area contributed by atoms with Gasteiger partial charge in [-0.15, -0.1) is 18.3 Å². The predicted molar refractivity (Wildman–Crippen MR) is 66.0 cm³/mol. The summed E-state index contributed by atoms with van der Waals surface area (Å²) in [5.41, 5.74) is 7.23. The summed E-state index contributed by atoms with van der Waals surface area (Å²) in [6.07, 6.45) is -4.01. The van der Waals surface area contributed by atoms with Crippen LogP contribution in [0.4, 0.5) is 19.0 Å². The standard InChI is InChI=1S/C12H13F3N4O/c1-2-10-11(16)17-18-19(10)7-8-3-5-9(6-4-8)20-12(13,14)15/h3-6H,2,7,16H2,1H3. The zero-order valence-electron chi connectivity index (χ0n) is 10.7. The molecule has 1 aromatic carbocycles. The minimum absolute atomic E-state index is 0.255. The van der Waals surface area contributed by atoms with Crippen molar-refractivity contribution in [3.8, 4) is 5.75 Å². The molecule has 1 aromatic heterocycles. The van der Waals surface area contributed by atoms with Crippen LogP contribution in [0.25, 0.3) is 0 Å². The summed E-state index contributed by atoms with van der Waals surface area (Å²) in [5.74, 6) is 0.111. The van der Waals surface area contributed by atoms with Gasteiger partial charge in [-0.2, -0.15) is 0 Å². The van der Waals surface area contributed by atoms with Gasteiger partial charge in [-0.3, -0.25) is 0 Å². The lowest BCUT2D eigenvalue weighted by Gasteiger charge is -2.09. The summed E-state index contributed by atoms with van der Waals surface area (Å²) in [5, 5.41) is 7.66. The fourth-order valence-electron chi connectivity index (χ4n) is 1.81. The van der Waals surface area contributed by atoms with Gasteiger partial charge in [0.05, 0.1) is 12.2 Å². The molecule has 5 nitrogen and oxygen atoms in total. The number of nitrogen functional groups attached to an aromatic ring is 1. The van der Waals surface area contributed by atoms with Crippen molar-refractivity contribution < 1.29 is 17.9 Å². The van der Waals surface area contributed by atoms with Gasteiger partial charge in [-0.25, -0.2) is 4.68 Å². The van der Waals surface area contributed by atoms with E-state index >= 15 is 0 Å². The molecule has 0 saturated carbocycles. The Morgan fingerprint density at radius 1 is 1.25 bits per heavy atom. The molecule has 0 fully saturated rings. The van der Waals surface area contributed by atoms with Crippen molar-refractivity contribution in [2.24, 2.45) is 0 Å². The number of halogens is 3. The minimum atomic E-state index is -4.68. The highest BCUT2D eigenvalue weighted by atomic mass is 19.4. The molecule has 0 spiro atoms. The number of alkyl halides is 3. The quantitative estimate of drug-likeness (QED) is 0.937. The van der Waals surface area contributed by atoms with E-state index in [1.54, 1.807) is 16.8 Å². The molecule has 0 atom stereocenters. The summed E-state index contributed by atoms with van der Waals surface area (Å²) in [7, 11) is 0. The van der Waals surface area contributed by atoms with Crippen LogP contribution in [-0.2, 0) is 13.0 Å². The highest BCUT2D eigenvalue weighted by Crippen LogP contribution is 2.23. The zero-order chi connectivity index (χ0) is 14.8. The van der Waals surface area contributed by atoms with Gasteiger partial charge in [0.25, 0.3) is 0 Å². The molecule has 0 aliphatic carbocycles. The average molecular weight is 286 g/mol. The van der Waals surface area contributed by atoms with Crippen LogP contribution < -0.4 is 10.5 Å². The minimum Gasteiger partial charge on any atom is -0.406 e. The van der Waals surface area contributed by atoms with Crippen LogP contribution >= 0.6 is 0 Å². The highest BCUT2D eigenvalue weighted by molar-refractivity contribution is 5.34. The van der Waals surface area contributed by atoms with E-state index in [1.165, 1.54) is 12.1 Å². The first-order valence-electron chi connectivity index (χ1n) is 5.91. The zero-order valence-corrected chi connectivity index (χ0v) is 10.7. The third-order valence-corrected chi connectivity index (χ3v) is 2.69. The molecule has 2 N–H and O–H groups in total. The smallest absolute Gasteiger partial charge is 0.406 e. The second-order valence-electron chi connectivity index (χ2n) is 4.12. The number of nitrogens with zero attached hydrogens (tertiary/aromatic N) is 3. The lowest BCUT2D eigenvalue weighted by molar-refractivity contribution is -0.274. The van der Waals surface area contributed by atoms with Crippen molar-refractivity contribution in [3.63, 3.8) is 0 Å².